The van der Waals surface area contributed by atoms with Gasteiger partial charge in [0.25, 0.3) is 0 Å². The van der Waals surface area contributed by atoms with Crippen LogP contribution < -0.4 is 10.1 Å². The van der Waals surface area contributed by atoms with Crippen molar-refractivity contribution < 1.29 is 23.8 Å². The zero-order chi connectivity index (χ0) is 13.7. The molecule has 0 bridgehead atoms. The summed E-state index contributed by atoms with van der Waals surface area (Å²) < 4.78 is 18.1. The number of aliphatic carboxylic acids is 1. The van der Waals surface area contributed by atoms with E-state index >= 15 is 0 Å². The minimum atomic E-state index is -1.30. The number of carbonyl (C=O) groups is 2. The standard InChI is InChI=1S/C12H12FNO4/c1-7(15)14-10(12(16)17)6-8-3-4-11(18-2)9(13)5-8/h3-6H,1-2H3,(H,14,15)(H,16,17)/b10-6+. The molecule has 1 amide bonds. The van der Waals surface area contributed by atoms with E-state index < -0.39 is 17.7 Å². The molecule has 1 aromatic rings. The Morgan fingerprint density at radius 1 is 1.44 bits per heavy atom. The van der Waals surface area contributed by atoms with Crippen LogP contribution in [-0.2, 0) is 9.59 Å². The Bertz CT molecular complexity index is 511. The van der Waals surface area contributed by atoms with Crippen LogP contribution in [0.3, 0.4) is 0 Å². The summed E-state index contributed by atoms with van der Waals surface area (Å²) >= 11 is 0. The van der Waals surface area contributed by atoms with E-state index in [0.29, 0.717) is 5.56 Å². The van der Waals surface area contributed by atoms with Crippen LogP contribution in [0.1, 0.15) is 12.5 Å². The number of ether oxygens (including phenoxy) is 1. The van der Waals surface area contributed by atoms with Gasteiger partial charge < -0.3 is 15.2 Å². The second-order valence-electron chi connectivity index (χ2n) is 3.44. The van der Waals surface area contributed by atoms with Crippen molar-refractivity contribution in [3.8, 4) is 5.75 Å². The highest BCUT2D eigenvalue weighted by atomic mass is 19.1. The van der Waals surface area contributed by atoms with Crippen molar-refractivity contribution in [3.63, 3.8) is 0 Å². The number of halogens is 1. The molecule has 0 saturated heterocycles. The van der Waals surface area contributed by atoms with E-state index in [-0.39, 0.29) is 11.4 Å². The van der Waals surface area contributed by atoms with E-state index in [0.717, 1.165) is 12.1 Å². The van der Waals surface area contributed by atoms with Crippen molar-refractivity contribution in [1.29, 1.82) is 0 Å². The van der Waals surface area contributed by atoms with Crippen LogP contribution in [0.4, 0.5) is 4.39 Å². The van der Waals surface area contributed by atoms with Crippen molar-refractivity contribution >= 4 is 18.0 Å². The second kappa shape index (κ2) is 5.81. The first-order valence-corrected chi connectivity index (χ1v) is 5.00. The highest BCUT2D eigenvalue weighted by molar-refractivity contribution is 5.96. The SMILES string of the molecule is COc1ccc(/C=C(/NC(C)=O)C(=O)O)cc1F. The Labute approximate surface area is 103 Å². The number of hydrogen-bond donors (Lipinski definition) is 2. The maximum absolute atomic E-state index is 13.4. The Kier molecular flexibility index (Phi) is 4.42. The van der Waals surface area contributed by atoms with Gasteiger partial charge in [-0.3, -0.25) is 4.79 Å². The Balaban J connectivity index is 3.08. The van der Waals surface area contributed by atoms with Gasteiger partial charge in [0.2, 0.25) is 5.91 Å². The second-order valence-corrected chi connectivity index (χ2v) is 3.44. The summed E-state index contributed by atoms with van der Waals surface area (Å²) in [5.41, 5.74) is -0.0217. The predicted molar refractivity (Wildman–Crippen MR) is 62.4 cm³/mol. The van der Waals surface area contributed by atoms with Crippen LogP contribution in [0, 0.1) is 5.82 Å². The number of carboxylic acids is 1. The Hall–Kier alpha value is -2.37. The molecular formula is C12H12FNO4. The summed E-state index contributed by atoms with van der Waals surface area (Å²) in [7, 11) is 1.33. The molecule has 96 valence electrons. The average Bonchev–Trinajstić information content (AvgIpc) is 2.27. The highest BCUT2D eigenvalue weighted by Gasteiger charge is 2.10. The molecule has 0 spiro atoms. The molecule has 0 unspecified atom stereocenters. The van der Waals surface area contributed by atoms with Gasteiger partial charge in [-0.25, -0.2) is 9.18 Å². The quantitative estimate of drug-likeness (QED) is 0.795. The molecule has 6 heteroatoms. The van der Waals surface area contributed by atoms with Crippen LogP contribution in [0.2, 0.25) is 0 Å². The number of benzene rings is 1. The number of rotatable bonds is 4. The van der Waals surface area contributed by atoms with Gasteiger partial charge in [0.05, 0.1) is 7.11 Å². The number of carbonyl (C=O) groups excluding carboxylic acids is 1. The molecule has 0 fully saturated rings. The fourth-order valence-electron chi connectivity index (χ4n) is 1.28. The van der Waals surface area contributed by atoms with Crippen LogP contribution in [-0.4, -0.2) is 24.1 Å². The number of carboxylic acid groups (broad SMARTS) is 1. The summed E-state index contributed by atoms with van der Waals surface area (Å²) in [6.07, 6.45) is 1.16. The number of nitrogens with one attached hydrogen (secondary N) is 1. The van der Waals surface area contributed by atoms with Crippen molar-refractivity contribution in [2.45, 2.75) is 6.92 Å². The van der Waals surface area contributed by atoms with Crippen molar-refractivity contribution in [2.75, 3.05) is 7.11 Å². The normalized spacial score (nSPS) is 10.9. The highest BCUT2D eigenvalue weighted by Crippen LogP contribution is 2.19. The fourth-order valence-corrected chi connectivity index (χ4v) is 1.28. The van der Waals surface area contributed by atoms with Crippen molar-refractivity contribution in [3.05, 3.63) is 35.3 Å². The maximum Gasteiger partial charge on any atom is 0.352 e. The largest absolute Gasteiger partial charge is 0.494 e. The van der Waals surface area contributed by atoms with Gasteiger partial charge in [-0.15, -0.1) is 0 Å². The smallest absolute Gasteiger partial charge is 0.352 e. The molecule has 0 aliphatic rings. The van der Waals surface area contributed by atoms with E-state index in [1.54, 1.807) is 0 Å². The van der Waals surface area contributed by atoms with E-state index in [4.69, 9.17) is 9.84 Å². The third-order valence-corrected chi connectivity index (χ3v) is 2.03. The first kappa shape index (κ1) is 13.7. The minimum absolute atomic E-state index is 0.0588. The van der Waals surface area contributed by atoms with Gasteiger partial charge in [0.15, 0.2) is 11.6 Å². The first-order chi connectivity index (χ1) is 8.43. The molecule has 0 atom stereocenters. The minimum Gasteiger partial charge on any atom is -0.494 e. The van der Waals surface area contributed by atoms with E-state index in [9.17, 15) is 14.0 Å². The topological polar surface area (TPSA) is 75.6 Å². The average molecular weight is 253 g/mol. The zero-order valence-electron chi connectivity index (χ0n) is 9.86. The fraction of sp³-hybridized carbons (Fsp3) is 0.167. The first-order valence-electron chi connectivity index (χ1n) is 5.00. The number of methoxy groups -OCH3 is 1. The molecule has 5 nitrogen and oxygen atoms in total. The lowest BCUT2D eigenvalue weighted by atomic mass is 10.1. The molecule has 0 aromatic heterocycles. The summed E-state index contributed by atoms with van der Waals surface area (Å²) in [5.74, 6) is -2.37. The number of hydrogen-bond acceptors (Lipinski definition) is 3. The van der Waals surface area contributed by atoms with Crippen molar-refractivity contribution in [1.82, 2.24) is 5.32 Å². The van der Waals surface area contributed by atoms with Gasteiger partial charge in [-0.1, -0.05) is 6.07 Å². The van der Waals surface area contributed by atoms with Crippen LogP contribution in [0.5, 0.6) is 5.75 Å². The molecule has 1 rings (SSSR count). The summed E-state index contributed by atoms with van der Waals surface area (Å²) in [6, 6.07) is 3.96. The van der Waals surface area contributed by atoms with Gasteiger partial charge in [0, 0.05) is 6.92 Å². The molecular weight excluding hydrogens is 241 g/mol. The van der Waals surface area contributed by atoms with Gasteiger partial charge in [-0.05, 0) is 23.8 Å². The number of amides is 1. The lowest BCUT2D eigenvalue weighted by Crippen LogP contribution is -2.24. The van der Waals surface area contributed by atoms with E-state index in [1.165, 1.54) is 26.2 Å². The summed E-state index contributed by atoms with van der Waals surface area (Å²) in [4.78, 5) is 21.7. The molecule has 0 heterocycles. The molecule has 0 aliphatic carbocycles. The summed E-state index contributed by atoms with van der Waals surface area (Å²) in [5, 5.41) is 11.0. The Morgan fingerprint density at radius 2 is 2.11 bits per heavy atom. The van der Waals surface area contributed by atoms with E-state index in [2.05, 4.69) is 5.32 Å². The molecule has 0 saturated carbocycles. The summed E-state index contributed by atoms with van der Waals surface area (Å²) in [6.45, 7) is 1.19. The predicted octanol–water partition coefficient (Wildman–Crippen LogP) is 1.40. The van der Waals surface area contributed by atoms with Gasteiger partial charge in [0.1, 0.15) is 5.70 Å². The Morgan fingerprint density at radius 3 is 2.56 bits per heavy atom. The van der Waals surface area contributed by atoms with Gasteiger partial charge >= 0.3 is 5.97 Å². The van der Waals surface area contributed by atoms with Crippen LogP contribution >= 0.6 is 0 Å². The third-order valence-electron chi connectivity index (χ3n) is 2.03. The monoisotopic (exact) mass is 253 g/mol. The van der Waals surface area contributed by atoms with Crippen LogP contribution in [0.25, 0.3) is 6.08 Å². The van der Waals surface area contributed by atoms with Gasteiger partial charge in [-0.2, -0.15) is 0 Å². The van der Waals surface area contributed by atoms with E-state index in [1.807, 2.05) is 0 Å². The van der Waals surface area contributed by atoms with Crippen LogP contribution in [0.15, 0.2) is 23.9 Å². The molecule has 0 aliphatic heterocycles. The maximum atomic E-state index is 13.4. The molecule has 18 heavy (non-hydrogen) atoms. The zero-order valence-corrected chi connectivity index (χ0v) is 9.86. The third kappa shape index (κ3) is 3.58. The lowest BCUT2D eigenvalue weighted by molar-refractivity contribution is -0.134. The molecule has 2 N–H and O–H groups in total. The van der Waals surface area contributed by atoms with Crippen molar-refractivity contribution in [2.24, 2.45) is 0 Å². The molecule has 0 radical (unpaired) electrons. The molecule has 1 aromatic carbocycles. The lowest BCUT2D eigenvalue weighted by Gasteiger charge is -2.05.